The number of halogens is 1. The maximum Gasteiger partial charge on any atom is 0.266 e. The third kappa shape index (κ3) is 1.82. The van der Waals surface area contributed by atoms with Gasteiger partial charge >= 0.3 is 0 Å². The molecule has 3 aromatic heterocycles. The fourth-order valence-corrected chi connectivity index (χ4v) is 1.84. The van der Waals surface area contributed by atoms with Gasteiger partial charge in [0.15, 0.2) is 0 Å². The first-order valence-corrected chi connectivity index (χ1v) is 5.89. The quantitative estimate of drug-likeness (QED) is 0.684. The van der Waals surface area contributed by atoms with Crippen molar-refractivity contribution in [2.24, 2.45) is 7.05 Å². The van der Waals surface area contributed by atoms with E-state index in [-0.39, 0.29) is 5.56 Å². The molecule has 7 heteroatoms. The Balaban J connectivity index is 2.19. The molecule has 0 unspecified atom stereocenters. The second-order valence-electron chi connectivity index (χ2n) is 3.68. The van der Waals surface area contributed by atoms with Crippen molar-refractivity contribution in [2.75, 3.05) is 0 Å². The molecule has 0 aliphatic heterocycles. The molecule has 0 saturated heterocycles. The van der Waals surface area contributed by atoms with Crippen LogP contribution in [0.5, 0.6) is 0 Å². The molecule has 0 amide bonds. The summed E-state index contributed by atoms with van der Waals surface area (Å²) < 4.78 is 7.54. The molecule has 0 atom stereocenters. The van der Waals surface area contributed by atoms with E-state index in [9.17, 15) is 4.79 Å². The molecule has 0 spiro atoms. The number of oxazole rings is 1. The number of fused-ring (bicyclic) bond motifs is 1. The fourth-order valence-electron chi connectivity index (χ4n) is 1.52. The monoisotopic (exact) mass is 306 g/mol. The number of nitrogens with zero attached hydrogens (tertiary/aromatic N) is 4. The zero-order valence-electron chi connectivity index (χ0n) is 9.29. The van der Waals surface area contributed by atoms with E-state index in [1.54, 1.807) is 25.4 Å². The molecule has 18 heavy (non-hydrogen) atoms. The molecule has 0 radical (unpaired) electrons. The number of pyridine rings is 1. The van der Waals surface area contributed by atoms with Crippen LogP contribution < -0.4 is 5.56 Å². The van der Waals surface area contributed by atoms with Crippen molar-refractivity contribution >= 4 is 27.2 Å². The molecule has 0 aliphatic carbocycles. The summed E-state index contributed by atoms with van der Waals surface area (Å²) in [6.45, 7) is 0. The molecule has 6 nitrogen and oxygen atoms in total. The Morgan fingerprint density at radius 3 is 3.00 bits per heavy atom. The minimum atomic E-state index is -0.185. The van der Waals surface area contributed by atoms with E-state index in [2.05, 4.69) is 31.0 Å². The Labute approximate surface area is 109 Å². The highest BCUT2D eigenvalue weighted by Gasteiger charge is 2.11. The molecule has 3 aromatic rings. The van der Waals surface area contributed by atoms with E-state index >= 15 is 0 Å². The lowest BCUT2D eigenvalue weighted by Gasteiger charge is -1.96. The average Bonchev–Trinajstić information content (AvgIpc) is 2.75. The lowest BCUT2D eigenvalue weighted by molar-refractivity contribution is 0.596. The summed E-state index contributed by atoms with van der Waals surface area (Å²) in [5, 5.41) is 4.07. The molecule has 0 N–H and O–H groups in total. The SMILES string of the molecule is Cn1nc(-c2nc3cc(Br)cnc3o2)ccc1=O. The van der Waals surface area contributed by atoms with Crippen molar-refractivity contribution in [3.63, 3.8) is 0 Å². The highest BCUT2D eigenvalue weighted by atomic mass is 79.9. The van der Waals surface area contributed by atoms with Gasteiger partial charge in [-0.2, -0.15) is 5.10 Å². The minimum absolute atomic E-state index is 0.185. The van der Waals surface area contributed by atoms with Gasteiger partial charge in [-0.1, -0.05) is 0 Å². The van der Waals surface area contributed by atoms with Crippen molar-refractivity contribution in [3.8, 4) is 11.6 Å². The van der Waals surface area contributed by atoms with Gasteiger partial charge in [-0.15, -0.1) is 0 Å². The molecule has 90 valence electrons. The highest BCUT2D eigenvalue weighted by molar-refractivity contribution is 9.10. The third-order valence-electron chi connectivity index (χ3n) is 2.39. The van der Waals surface area contributed by atoms with Crippen LogP contribution in [-0.4, -0.2) is 19.7 Å². The maximum atomic E-state index is 11.3. The van der Waals surface area contributed by atoms with E-state index in [1.807, 2.05) is 0 Å². The van der Waals surface area contributed by atoms with Crippen LogP contribution in [0.25, 0.3) is 22.8 Å². The topological polar surface area (TPSA) is 73.8 Å². The largest absolute Gasteiger partial charge is 0.416 e. The van der Waals surface area contributed by atoms with Gasteiger partial charge in [0.2, 0.25) is 11.6 Å². The number of hydrogen-bond donors (Lipinski definition) is 0. The highest BCUT2D eigenvalue weighted by Crippen LogP contribution is 2.22. The zero-order chi connectivity index (χ0) is 12.7. The minimum Gasteiger partial charge on any atom is -0.416 e. The Bertz CT molecular complexity index is 793. The number of rotatable bonds is 1. The molecule has 3 rings (SSSR count). The smallest absolute Gasteiger partial charge is 0.266 e. The number of aromatic nitrogens is 4. The Morgan fingerprint density at radius 1 is 1.39 bits per heavy atom. The molecule has 0 aliphatic rings. The van der Waals surface area contributed by atoms with Crippen LogP contribution in [0.3, 0.4) is 0 Å². The van der Waals surface area contributed by atoms with Crippen LogP contribution in [-0.2, 0) is 7.05 Å². The molecular weight excluding hydrogens is 300 g/mol. The van der Waals surface area contributed by atoms with Gasteiger partial charge in [-0.3, -0.25) is 4.79 Å². The van der Waals surface area contributed by atoms with Crippen molar-refractivity contribution < 1.29 is 4.42 Å². The predicted octanol–water partition coefficient (Wildman–Crippen LogP) is 1.75. The zero-order valence-corrected chi connectivity index (χ0v) is 10.9. The fraction of sp³-hybridized carbons (Fsp3) is 0.0909. The summed E-state index contributed by atoms with van der Waals surface area (Å²) in [6, 6.07) is 4.79. The Hall–Kier alpha value is -2.02. The van der Waals surface area contributed by atoms with Crippen LogP contribution >= 0.6 is 15.9 Å². The average molecular weight is 307 g/mol. The van der Waals surface area contributed by atoms with E-state index in [4.69, 9.17) is 4.42 Å². The second kappa shape index (κ2) is 4.02. The van der Waals surface area contributed by atoms with E-state index in [0.717, 1.165) is 4.47 Å². The van der Waals surface area contributed by atoms with Crippen molar-refractivity contribution in [2.45, 2.75) is 0 Å². The van der Waals surface area contributed by atoms with Crippen LogP contribution in [0.2, 0.25) is 0 Å². The van der Waals surface area contributed by atoms with Gasteiger partial charge in [0.1, 0.15) is 11.2 Å². The molecule has 0 aromatic carbocycles. The molecule has 0 bridgehead atoms. The summed E-state index contributed by atoms with van der Waals surface area (Å²) in [6.07, 6.45) is 1.63. The molecule has 3 heterocycles. The lowest BCUT2D eigenvalue weighted by Crippen LogP contribution is -2.18. The Kier molecular flexibility index (Phi) is 2.48. The molecule has 0 fully saturated rings. The Morgan fingerprint density at radius 2 is 2.22 bits per heavy atom. The van der Waals surface area contributed by atoms with E-state index in [1.165, 1.54) is 10.7 Å². The first-order chi connectivity index (χ1) is 8.63. The summed E-state index contributed by atoms with van der Waals surface area (Å²) >= 11 is 3.31. The molecular formula is C11H7BrN4O2. The van der Waals surface area contributed by atoms with Gasteiger partial charge in [0.05, 0.1) is 0 Å². The first kappa shape index (κ1) is 11.1. The normalized spacial score (nSPS) is 11.0. The summed E-state index contributed by atoms with van der Waals surface area (Å²) in [7, 11) is 1.57. The van der Waals surface area contributed by atoms with Gasteiger partial charge in [0.25, 0.3) is 5.56 Å². The number of hydrogen-bond acceptors (Lipinski definition) is 5. The standard InChI is InChI=1S/C11H7BrN4O2/c1-16-9(17)3-2-7(15-16)11-14-8-4-6(12)5-13-10(8)18-11/h2-5H,1H3. The third-order valence-corrected chi connectivity index (χ3v) is 2.83. The van der Waals surface area contributed by atoms with Gasteiger partial charge in [0, 0.05) is 23.8 Å². The summed E-state index contributed by atoms with van der Waals surface area (Å²) in [5.74, 6) is 0.339. The number of aryl methyl sites for hydroxylation is 1. The predicted molar refractivity (Wildman–Crippen MR) is 68.0 cm³/mol. The van der Waals surface area contributed by atoms with Gasteiger partial charge < -0.3 is 4.42 Å². The maximum absolute atomic E-state index is 11.3. The van der Waals surface area contributed by atoms with Crippen LogP contribution in [0.4, 0.5) is 0 Å². The van der Waals surface area contributed by atoms with Crippen LogP contribution in [0.15, 0.2) is 38.1 Å². The first-order valence-electron chi connectivity index (χ1n) is 5.10. The van der Waals surface area contributed by atoms with Crippen LogP contribution in [0, 0.1) is 0 Å². The van der Waals surface area contributed by atoms with Gasteiger partial charge in [-0.25, -0.2) is 14.6 Å². The van der Waals surface area contributed by atoms with Crippen LogP contribution in [0.1, 0.15) is 0 Å². The van der Waals surface area contributed by atoms with Crippen molar-refractivity contribution in [1.82, 2.24) is 19.7 Å². The summed E-state index contributed by atoms with van der Waals surface area (Å²) in [5.41, 5.74) is 1.38. The van der Waals surface area contributed by atoms with E-state index < -0.39 is 0 Å². The van der Waals surface area contributed by atoms with Crippen molar-refractivity contribution in [1.29, 1.82) is 0 Å². The molecule has 0 saturated carbocycles. The van der Waals surface area contributed by atoms with Crippen molar-refractivity contribution in [3.05, 3.63) is 39.2 Å². The lowest BCUT2D eigenvalue weighted by atomic mass is 10.4. The summed E-state index contributed by atoms with van der Waals surface area (Å²) in [4.78, 5) is 19.6. The van der Waals surface area contributed by atoms with Gasteiger partial charge in [-0.05, 0) is 28.1 Å². The second-order valence-corrected chi connectivity index (χ2v) is 4.59. The van der Waals surface area contributed by atoms with E-state index in [0.29, 0.717) is 22.8 Å².